The maximum absolute atomic E-state index is 9.77. The molecule has 0 aromatic heterocycles. The van der Waals surface area contributed by atoms with Crippen molar-refractivity contribution in [2.75, 3.05) is 0 Å². The molecule has 0 aliphatic carbocycles. The van der Waals surface area contributed by atoms with Crippen LogP contribution < -0.4 is 0 Å². The molecule has 0 aromatic carbocycles. The normalized spacial score (nSPS) is 41.7. The molecule has 4 unspecified atom stereocenters. The SMILES string of the molecule is C=C(C)C(O)C1CC2CCC1O2. The van der Waals surface area contributed by atoms with Crippen molar-refractivity contribution in [3.05, 3.63) is 12.2 Å². The van der Waals surface area contributed by atoms with Gasteiger partial charge in [0.1, 0.15) is 0 Å². The van der Waals surface area contributed by atoms with E-state index in [4.69, 9.17) is 4.74 Å². The lowest BCUT2D eigenvalue weighted by molar-refractivity contribution is 0.0576. The largest absolute Gasteiger partial charge is 0.388 e. The molecular weight excluding hydrogens is 152 g/mol. The van der Waals surface area contributed by atoms with E-state index in [0.717, 1.165) is 18.4 Å². The molecule has 2 heteroatoms. The number of rotatable bonds is 2. The summed E-state index contributed by atoms with van der Waals surface area (Å²) in [7, 11) is 0. The lowest BCUT2D eigenvalue weighted by atomic mass is 9.83. The van der Waals surface area contributed by atoms with Crippen molar-refractivity contribution in [1.82, 2.24) is 0 Å². The van der Waals surface area contributed by atoms with Gasteiger partial charge in [0, 0.05) is 5.92 Å². The van der Waals surface area contributed by atoms with Gasteiger partial charge in [0.2, 0.25) is 0 Å². The van der Waals surface area contributed by atoms with Crippen molar-refractivity contribution in [1.29, 1.82) is 0 Å². The van der Waals surface area contributed by atoms with Crippen molar-refractivity contribution in [2.24, 2.45) is 5.92 Å². The second kappa shape index (κ2) is 2.86. The topological polar surface area (TPSA) is 29.5 Å². The van der Waals surface area contributed by atoms with Gasteiger partial charge >= 0.3 is 0 Å². The first-order valence-electron chi connectivity index (χ1n) is 4.67. The van der Waals surface area contributed by atoms with Gasteiger partial charge in [-0.1, -0.05) is 12.2 Å². The highest BCUT2D eigenvalue weighted by Gasteiger charge is 2.43. The first kappa shape index (κ1) is 8.27. The Morgan fingerprint density at radius 1 is 1.58 bits per heavy atom. The van der Waals surface area contributed by atoms with Crippen molar-refractivity contribution in [3.63, 3.8) is 0 Å². The molecule has 2 nitrogen and oxygen atoms in total. The average molecular weight is 168 g/mol. The Kier molecular flexibility index (Phi) is 1.97. The zero-order valence-electron chi connectivity index (χ0n) is 7.49. The standard InChI is InChI=1S/C10H16O2/c1-6(2)10(11)8-5-7-3-4-9(8)12-7/h7-11H,1,3-5H2,2H3. The van der Waals surface area contributed by atoms with Crippen LogP contribution in [0.2, 0.25) is 0 Å². The number of aliphatic hydroxyl groups excluding tert-OH is 1. The van der Waals surface area contributed by atoms with Gasteiger partial charge in [-0.25, -0.2) is 0 Å². The molecule has 0 amide bonds. The van der Waals surface area contributed by atoms with Gasteiger partial charge in [-0.3, -0.25) is 0 Å². The van der Waals surface area contributed by atoms with E-state index < -0.39 is 0 Å². The van der Waals surface area contributed by atoms with Gasteiger partial charge in [0.25, 0.3) is 0 Å². The van der Waals surface area contributed by atoms with Gasteiger partial charge in [-0.05, 0) is 26.2 Å². The summed E-state index contributed by atoms with van der Waals surface area (Å²) in [5.41, 5.74) is 0.871. The fourth-order valence-electron chi connectivity index (χ4n) is 2.37. The van der Waals surface area contributed by atoms with Crippen molar-refractivity contribution in [2.45, 2.75) is 44.5 Å². The second-order valence-corrected chi connectivity index (χ2v) is 4.06. The molecule has 68 valence electrons. The van der Waals surface area contributed by atoms with Crippen LogP contribution in [-0.2, 0) is 4.74 Å². The van der Waals surface area contributed by atoms with E-state index in [9.17, 15) is 5.11 Å². The molecule has 12 heavy (non-hydrogen) atoms. The van der Waals surface area contributed by atoms with E-state index in [2.05, 4.69) is 6.58 Å². The molecule has 4 atom stereocenters. The van der Waals surface area contributed by atoms with E-state index in [0.29, 0.717) is 18.1 Å². The highest BCUT2D eigenvalue weighted by molar-refractivity contribution is 5.05. The Hall–Kier alpha value is -0.340. The lowest BCUT2D eigenvalue weighted by Gasteiger charge is -2.24. The highest BCUT2D eigenvalue weighted by atomic mass is 16.5. The van der Waals surface area contributed by atoms with E-state index in [-0.39, 0.29) is 6.10 Å². The van der Waals surface area contributed by atoms with E-state index in [1.54, 1.807) is 0 Å². The number of aliphatic hydroxyl groups is 1. The minimum absolute atomic E-state index is 0.307. The molecule has 2 fully saturated rings. The molecule has 2 bridgehead atoms. The quantitative estimate of drug-likeness (QED) is 0.633. The van der Waals surface area contributed by atoms with Crippen molar-refractivity contribution in [3.8, 4) is 0 Å². The molecule has 0 saturated carbocycles. The van der Waals surface area contributed by atoms with Gasteiger partial charge in [0.05, 0.1) is 18.3 Å². The Bertz CT molecular complexity index is 200. The molecule has 0 spiro atoms. The van der Waals surface area contributed by atoms with Crippen LogP contribution in [0.25, 0.3) is 0 Å². The smallest absolute Gasteiger partial charge is 0.0798 e. The van der Waals surface area contributed by atoms with Gasteiger partial charge in [-0.15, -0.1) is 0 Å². The predicted molar refractivity (Wildman–Crippen MR) is 46.8 cm³/mol. The van der Waals surface area contributed by atoms with Crippen LogP contribution in [0, 0.1) is 5.92 Å². The van der Waals surface area contributed by atoms with E-state index in [1.165, 1.54) is 6.42 Å². The lowest BCUT2D eigenvalue weighted by Crippen LogP contribution is -2.29. The molecule has 2 saturated heterocycles. The fourth-order valence-corrected chi connectivity index (χ4v) is 2.37. The van der Waals surface area contributed by atoms with Gasteiger partial charge in [-0.2, -0.15) is 0 Å². The first-order chi connectivity index (χ1) is 5.68. The Morgan fingerprint density at radius 2 is 2.33 bits per heavy atom. The molecule has 2 heterocycles. The van der Waals surface area contributed by atoms with Crippen LogP contribution in [0.4, 0.5) is 0 Å². The third kappa shape index (κ3) is 1.19. The summed E-state index contributed by atoms with van der Waals surface area (Å²) in [4.78, 5) is 0. The minimum Gasteiger partial charge on any atom is -0.388 e. The summed E-state index contributed by atoms with van der Waals surface area (Å²) < 4.78 is 5.66. The zero-order valence-corrected chi connectivity index (χ0v) is 7.49. The monoisotopic (exact) mass is 168 g/mol. The van der Waals surface area contributed by atoms with Crippen LogP contribution in [0.3, 0.4) is 0 Å². The maximum atomic E-state index is 9.77. The Labute approximate surface area is 73.2 Å². The van der Waals surface area contributed by atoms with Gasteiger partial charge < -0.3 is 9.84 Å². The van der Waals surface area contributed by atoms with Crippen LogP contribution in [0.1, 0.15) is 26.2 Å². The molecule has 0 aromatic rings. The first-order valence-corrected chi connectivity index (χ1v) is 4.67. The summed E-state index contributed by atoms with van der Waals surface area (Å²) in [6, 6.07) is 0. The number of hydrogen-bond donors (Lipinski definition) is 1. The molecule has 2 aliphatic rings. The van der Waals surface area contributed by atoms with Crippen LogP contribution in [0.5, 0.6) is 0 Å². The Balaban J connectivity index is 2.02. The molecule has 0 radical (unpaired) electrons. The maximum Gasteiger partial charge on any atom is 0.0798 e. The summed E-state index contributed by atoms with van der Waals surface area (Å²) in [6.45, 7) is 5.66. The van der Waals surface area contributed by atoms with Crippen LogP contribution >= 0.6 is 0 Å². The molecule has 2 rings (SSSR count). The second-order valence-electron chi connectivity index (χ2n) is 4.06. The van der Waals surface area contributed by atoms with Crippen LogP contribution in [0.15, 0.2) is 12.2 Å². The third-order valence-electron chi connectivity index (χ3n) is 3.06. The average Bonchev–Trinajstić information content (AvgIpc) is 2.62. The summed E-state index contributed by atoms with van der Waals surface area (Å²) >= 11 is 0. The number of ether oxygens (including phenoxy) is 1. The minimum atomic E-state index is -0.347. The Morgan fingerprint density at radius 3 is 2.75 bits per heavy atom. The fraction of sp³-hybridized carbons (Fsp3) is 0.800. The number of fused-ring (bicyclic) bond motifs is 2. The van der Waals surface area contributed by atoms with Gasteiger partial charge in [0.15, 0.2) is 0 Å². The summed E-state index contributed by atoms with van der Waals surface area (Å²) in [6.07, 6.45) is 3.72. The zero-order chi connectivity index (χ0) is 8.72. The van der Waals surface area contributed by atoms with Crippen LogP contribution in [-0.4, -0.2) is 23.4 Å². The molecule has 2 aliphatic heterocycles. The molecular formula is C10H16O2. The van der Waals surface area contributed by atoms with E-state index >= 15 is 0 Å². The summed E-state index contributed by atoms with van der Waals surface area (Å²) in [5.74, 6) is 0.321. The third-order valence-corrected chi connectivity index (χ3v) is 3.06. The molecule has 1 N–H and O–H groups in total. The summed E-state index contributed by atoms with van der Waals surface area (Å²) in [5, 5.41) is 9.77. The van der Waals surface area contributed by atoms with Crippen molar-refractivity contribution < 1.29 is 9.84 Å². The van der Waals surface area contributed by atoms with Crippen molar-refractivity contribution >= 4 is 0 Å². The highest BCUT2D eigenvalue weighted by Crippen LogP contribution is 2.41. The number of hydrogen-bond acceptors (Lipinski definition) is 2. The predicted octanol–water partition coefficient (Wildman–Crippen LogP) is 1.49. The van der Waals surface area contributed by atoms with E-state index in [1.807, 2.05) is 6.92 Å².